The highest BCUT2D eigenvalue weighted by Gasteiger charge is 2.20. The maximum atomic E-state index is 14.4. The number of aliphatic hydroxyl groups is 1. The van der Waals surface area contributed by atoms with Crippen LogP contribution in [0, 0.1) is 11.6 Å². The van der Waals surface area contributed by atoms with Gasteiger partial charge in [-0.25, -0.2) is 18.7 Å². The van der Waals surface area contributed by atoms with Gasteiger partial charge < -0.3 is 19.3 Å². The normalized spacial score (nSPS) is 10.8. The molecule has 0 aliphatic rings. The van der Waals surface area contributed by atoms with Crippen molar-refractivity contribution in [1.82, 2.24) is 19.7 Å². The zero-order valence-corrected chi connectivity index (χ0v) is 15.9. The Morgan fingerprint density at radius 2 is 1.69 bits per heavy atom. The molecule has 0 fully saturated rings. The highest BCUT2D eigenvalue weighted by atomic mass is 19.1. The van der Waals surface area contributed by atoms with Gasteiger partial charge in [-0.2, -0.15) is 5.10 Å². The molecule has 8 nitrogen and oxygen atoms in total. The largest absolute Gasteiger partial charge is 0.494 e. The average Bonchev–Trinajstić information content (AvgIpc) is 3.16. The third-order valence-corrected chi connectivity index (χ3v) is 4.11. The molecule has 154 valence electrons. The Bertz CT molecular complexity index is 935. The van der Waals surface area contributed by atoms with E-state index in [1.165, 1.54) is 26.6 Å². The van der Waals surface area contributed by atoms with Crippen LogP contribution in [0.1, 0.15) is 17.0 Å². The lowest BCUT2D eigenvalue weighted by molar-refractivity contribution is 0.269. The standard InChI is InChI=1S/C19H20F2N4O4/c1-27-15-6-16(28-2)19(21)14(18(15)20)11-29-13-8-22-17(23-9-13)5-12-7-24-25(10-12)3-4-26/h6-10,26H,3-5,11H2,1-2H3. The van der Waals surface area contributed by atoms with Gasteiger partial charge in [-0.15, -0.1) is 0 Å². The highest BCUT2D eigenvalue weighted by Crippen LogP contribution is 2.31. The Labute approximate surface area is 165 Å². The molecule has 3 aromatic rings. The lowest BCUT2D eigenvalue weighted by atomic mass is 10.1. The number of aliphatic hydroxyl groups excluding tert-OH is 1. The van der Waals surface area contributed by atoms with Gasteiger partial charge in [0, 0.05) is 18.7 Å². The summed E-state index contributed by atoms with van der Waals surface area (Å²) in [5.74, 6) is -1.22. The summed E-state index contributed by atoms with van der Waals surface area (Å²) in [6.45, 7) is 0.0294. The molecule has 2 heterocycles. The summed E-state index contributed by atoms with van der Waals surface area (Å²) >= 11 is 0. The Kier molecular flexibility index (Phi) is 6.55. The van der Waals surface area contributed by atoms with Crippen molar-refractivity contribution in [2.45, 2.75) is 19.6 Å². The van der Waals surface area contributed by atoms with Gasteiger partial charge in [0.05, 0.1) is 51.5 Å². The highest BCUT2D eigenvalue weighted by molar-refractivity contribution is 5.41. The predicted molar refractivity (Wildman–Crippen MR) is 97.9 cm³/mol. The van der Waals surface area contributed by atoms with E-state index in [2.05, 4.69) is 15.1 Å². The van der Waals surface area contributed by atoms with Crippen molar-refractivity contribution in [2.75, 3.05) is 20.8 Å². The van der Waals surface area contributed by atoms with E-state index in [9.17, 15) is 8.78 Å². The Morgan fingerprint density at radius 1 is 1.03 bits per heavy atom. The second-order valence-corrected chi connectivity index (χ2v) is 6.02. The first kappa shape index (κ1) is 20.5. The van der Waals surface area contributed by atoms with E-state index in [4.69, 9.17) is 19.3 Å². The fraction of sp³-hybridized carbons (Fsp3) is 0.316. The minimum absolute atomic E-state index is 0.00398. The van der Waals surface area contributed by atoms with Crippen LogP contribution in [-0.2, 0) is 19.6 Å². The summed E-state index contributed by atoms with van der Waals surface area (Å²) in [6, 6.07) is 1.13. The van der Waals surface area contributed by atoms with Crippen molar-refractivity contribution < 1.29 is 28.1 Å². The van der Waals surface area contributed by atoms with Crippen LogP contribution in [0.25, 0.3) is 0 Å². The molecule has 29 heavy (non-hydrogen) atoms. The third-order valence-electron chi connectivity index (χ3n) is 4.11. The molecule has 0 aliphatic carbocycles. The van der Waals surface area contributed by atoms with Crippen LogP contribution in [0.4, 0.5) is 8.78 Å². The van der Waals surface area contributed by atoms with Crippen molar-refractivity contribution in [3.8, 4) is 17.2 Å². The van der Waals surface area contributed by atoms with E-state index < -0.39 is 11.6 Å². The minimum atomic E-state index is -0.858. The van der Waals surface area contributed by atoms with E-state index in [0.717, 1.165) is 11.6 Å². The first-order valence-corrected chi connectivity index (χ1v) is 8.70. The topological polar surface area (TPSA) is 91.5 Å². The predicted octanol–water partition coefficient (Wildman–Crippen LogP) is 2.13. The molecule has 10 heteroatoms. The summed E-state index contributed by atoms with van der Waals surface area (Å²) in [7, 11) is 2.56. The summed E-state index contributed by atoms with van der Waals surface area (Å²) in [6.07, 6.45) is 6.76. The maximum absolute atomic E-state index is 14.4. The van der Waals surface area contributed by atoms with Crippen molar-refractivity contribution in [3.05, 3.63) is 59.4 Å². The molecule has 0 radical (unpaired) electrons. The molecule has 0 aliphatic heterocycles. The van der Waals surface area contributed by atoms with Crippen LogP contribution >= 0.6 is 0 Å². The molecular weight excluding hydrogens is 386 g/mol. The fourth-order valence-corrected chi connectivity index (χ4v) is 2.63. The van der Waals surface area contributed by atoms with E-state index >= 15 is 0 Å². The van der Waals surface area contributed by atoms with Gasteiger partial charge in [0.2, 0.25) is 0 Å². The lowest BCUT2D eigenvalue weighted by Gasteiger charge is -2.13. The van der Waals surface area contributed by atoms with Gasteiger partial charge >= 0.3 is 0 Å². The Hall–Kier alpha value is -3.27. The SMILES string of the molecule is COc1cc(OC)c(F)c(COc2cnc(Cc3cnn(CCO)c3)nc2)c1F. The smallest absolute Gasteiger partial charge is 0.174 e. The molecular formula is C19H20F2N4O4. The molecule has 1 N–H and O–H groups in total. The molecule has 0 amide bonds. The lowest BCUT2D eigenvalue weighted by Crippen LogP contribution is -2.06. The van der Waals surface area contributed by atoms with Crippen LogP contribution in [0.2, 0.25) is 0 Å². The summed E-state index contributed by atoms with van der Waals surface area (Å²) in [4.78, 5) is 8.39. The van der Waals surface area contributed by atoms with E-state index in [1.54, 1.807) is 17.1 Å². The maximum Gasteiger partial charge on any atom is 0.174 e. The molecule has 2 aromatic heterocycles. The number of aromatic nitrogens is 4. The first-order chi connectivity index (χ1) is 14.0. The molecule has 0 bridgehead atoms. The number of benzene rings is 1. The number of halogens is 2. The number of ether oxygens (including phenoxy) is 3. The van der Waals surface area contributed by atoms with Gasteiger partial charge in [0.15, 0.2) is 28.9 Å². The second kappa shape index (κ2) is 9.28. The minimum Gasteiger partial charge on any atom is -0.494 e. The quantitative estimate of drug-likeness (QED) is 0.582. The first-order valence-electron chi connectivity index (χ1n) is 8.70. The van der Waals surface area contributed by atoms with Gasteiger partial charge in [-0.1, -0.05) is 0 Å². The summed E-state index contributed by atoms with van der Waals surface area (Å²) in [5, 5.41) is 13.0. The van der Waals surface area contributed by atoms with Crippen molar-refractivity contribution in [3.63, 3.8) is 0 Å². The second-order valence-electron chi connectivity index (χ2n) is 6.02. The third kappa shape index (κ3) is 4.77. The molecule has 1 aromatic carbocycles. The van der Waals surface area contributed by atoms with E-state index in [1.807, 2.05) is 0 Å². The van der Waals surface area contributed by atoms with Crippen molar-refractivity contribution in [2.24, 2.45) is 0 Å². The average molecular weight is 406 g/mol. The zero-order valence-electron chi connectivity index (χ0n) is 15.9. The van der Waals surface area contributed by atoms with Gasteiger partial charge in [0.1, 0.15) is 12.4 Å². The van der Waals surface area contributed by atoms with Gasteiger partial charge in [-0.05, 0) is 5.56 Å². The fourth-order valence-electron chi connectivity index (χ4n) is 2.63. The van der Waals surface area contributed by atoms with Crippen molar-refractivity contribution >= 4 is 0 Å². The molecule has 0 spiro atoms. The Morgan fingerprint density at radius 3 is 2.28 bits per heavy atom. The number of hydrogen-bond donors (Lipinski definition) is 1. The zero-order chi connectivity index (χ0) is 20.8. The van der Waals surface area contributed by atoms with Crippen LogP contribution in [0.3, 0.4) is 0 Å². The molecule has 0 saturated carbocycles. The van der Waals surface area contributed by atoms with Crippen LogP contribution in [0.15, 0.2) is 30.9 Å². The number of rotatable bonds is 9. The summed E-state index contributed by atoms with van der Waals surface area (Å²) < 4.78 is 45.6. The summed E-state index contributed by atoms with van der Waals surface area (Å²) in [5.41, 5.74) is 0.571. The van der Waals surface area contributed by atoms with Gasteiger partial charge in [0.25, 0.3) is 0 Å². The van der Waals surface area contributed by atoms with E-state index in [-0.39, 0.29) is 36.0 Å². The van der Waals surface area contributed by atoms with Crippen LogP contribution < -0.4 is 14.2 Å². The molecule has 0 atom stereocenters. The number of methoxy groups -OCH3 is 2. The molecule has 0 unspecified atom stereocenters. The molecule has 0 saturated heterocycles. The van der Waals surface area contributed by atoms with Gasteiger partial charge in [-0.3, -0.25) is 4.68 Å². The van der Waals surface area contributed by atoms with Crippen LogP contribution in [0.5, 0.6) is 17.2 Å². The monoisotopic (exact) mass is 406 g/mol. The van der Waals surface area contributed by atoms with Crippen LogP contribution in [-0.4, -0.2) is 45.7 Å². The number of hydrogen-bond acceptors (Lipinski definition) is 7. The number of nitrogens with zero attached hydrogens (tertiary/aromatic N) is 4. The Balaban J connectivity index is 1.67. The van der Waals surface area contributed by atoms with E-state index in [0.29, 0.717) is 18.8 Å². The molecule has 3 rings (SSSR count). The van der Waals surface area contributed by atoms with Crippen molar-refractivity contribution in [1.29, 1.82) is 0 Å².